The third-order valence-electron chi connectivity index (χ3n) is 2.52. The molecule has 2 heterocycles. The summed E-state index contributed by atoms with van der Waals surface area (Å²) in [7, 11) is 0. The first-order valence-corrected chi connectivity index (χ1v) is 7.34. The SMILES string of the molecule is CC(C)N(Cc1cccs1)c1ncc(CN)s1. The number of hydrogen-bond donors (Lipinski definition) is 1. The van der Waals surface area contributed by atoms with Crippen molar-refractivity contribution < 1.29 is 0 Å². The Morgan fingerprint density at radius 1 is 1.41 bits per heavy atom. The van der Waals surface area contributed by atoms with Crippen molar-refractivity contribution in [1.29, 1.82) is 0 Å². The van der Waals surface area contributed by atoms with Gasteiger partial charge in [-0.1, -0.05) is 6.07 Å². The molecule has 17 heavy (non-hydrogen) atoms. The average molecular weight is 267 g/mol. The second-order valence-electron chi connectivity index (χ2n) is 4.11. The summed E-state index contributed by atoms with van der Waals surface area (Å²) in [5.74, 6) is 0. The Labute approximate surface area is 110 Å². The molecule has 0 unspecified atom stereocenters. The molecule has 0 atom stereocenters. The van der Waals surface area contributed by atoms with Crippen molar-refractivity contribution in [2.75, 3.05) is 4.90 Å². The van der Waals surface area contributed by atoms with Crippen molar-refractivity contribution in [3.05, 3.63) is 33.5 Å². The number of thiophene rings is 1. The van der Waals surface area contributed by atoms with E-state index in [-0.39, 0.29) is 0 Å². The highest BCUT2D eigenvalue weighted by Gasteiger charge is 2.15. The third-order valence-corrected chi connectivity index (χ3v) is 4.44. The van der Waals surface area contributed by atoms with E-state index >= 15 is 0 Å². The normalized spacial score (nSPS) is 11.1. The second-order valence-corrected chi connectivity index (χ2v) is 6.24. The average Bonchev–Trinajstić information content (AvgIpc) is 2.96. The zero-order valence-electron chi connectivity index (χ0n) is 10.1. The molecule has 0 radical (unpaired) electrons. The second kappa shape index (κ2) is 5.62. The highest BCUT2D eigenvalue weighted by molar-refractivity contribution is 7.15. The lowest BCUT2D eigenvalue weighted by atomic mass is 10.3. The van der Waals surface area contributed by atoms with Gasteiger partial charge in [0.25, 0.3) is 0 Å². The topological polar surface area (TPSA) is 42.2 Å². The lowest BCUT2D eigenvalue weighted by Gasteiger charge is -2.25. The molecule has 0 aliphatic rings. The van der Waals surface area contributed by atoms with Gasteiger partial charge in [0.15, 0.2) is 5.13 Å². The van der Waals surface area contributed by atoms with E-state index in [0.717, 1.165) is 16.6 Å². The minimum absolute atomic E-state index is 0.439. The largest absolute Gasteiger partial charge is 0.341 e. The van der Waals surface area contributed by atoms with Gasteiger partial charge in [-0.05, 0) is 25.3 Å². The molecule has 92 valence electrons. The Balaban J connectivity index is 2.17. The molecule has 2 N–H and O–H groups in total. The maximum atomic E-state index is 5.63. The van der Waals surface area contributed by atoms with Crippen LogP contribution in [0.25, 0.3) is 0 Å². The van der Waals surface area contributed by atoms with E-state index in [1.54, 1.807) is 22.7 Å². The standard InChI is InChI=1S/C12H17N3S2/c1-9(2)15(8-10-4-3-5-16-10)12-14-7-11(6-13)17-12/h3-5,7,9H,6,8,13H2,1-2H3. The predicted molar refractivity (Wildman–Crippen MR) is 75.6 cm³/mol. The van der Waals surface area contributed by atoms with Gasteiger partial charge < -0.3 is 10.6 Å². The van der Waals surface area contributed by atoms with Crippen LogP contribution in [0.2, 0.25) is 0 Å². The molecule has 0 saturated carbocycles. The number of thiazole rings is 1. The van der Waals surface area contributed by atoms with Crippen molar-refractivity contribution in [1.82, 2.24) is 4.98 Å². The Hall–Kier alpha value is -0.910. The van der Waals surface area contributed by atoms with Crippen molar-refractivity contribution in [2.24, 2.45) is 5.73 Å². The van der Waals surface area contributed by atoms with Crippen LogP contribution in [0.1, 0.15) is 23.6 Å². The quantitative estimate of drug-likeness (QED) is 0.905. The van der Waals surface area contributed by atoms with Gasteiger partial charge in [-0.3, -0.25) is 0 Å². The number of nitrogens with two attached hydrogens (primary N) is 1. The Morgan fingerprint density at radius 3 is 2.76 bits per heavy atom. The van der Waals surface area contributed by atoms with Crippen molar-refractivity contribution in [3.63, 3.8) is 0 Å². The van der Waals surface area contributed by atoms with Crippen LogP contribution >= 0.6 is 22.7 Å². The number of nitrogens with zero attached hydrogens (tertiary/aromatic N) is 2. The number of rotatable bonds is 5. The van der Waals surface area contributed by atoms with Gasteiger partial charge in [0.1, 0.15) is 0 Å². The van der Waals surface area contributed by atoms with Gasteiger partial charge in [0.2, 0.25) is 0 Å². The van der Waals surface area contributed by atoms with Crippen LogP contribution in [0, 0.1) is 0 Å². The van der Waals surface area contributed by atoms with Gasteiger partial charge in [0, 0.05) is 28.5 Å². The molecule has 2 rings (SSSR count). The lowest BCUT2D eigenvalue weighted by Crippen LogP contribution is -2.29. The van der Waals surface area contributed by atoms with Crippen LogP contribution in [0.5, 0.6) is 0 Å². The fourth-order valence-corrected chi connectivity index (χ4v) is 3.19. The van der Waals surface area contributed by atoms with Crippen molar-refractivity contribution >= 4 is 27.8 Å². The Kier molecular flexibility index (Phi) is 4.15. The summed E-state index contributed by atoms with van der Waals surface area (Å²) in [5, 5.41) is 3.18. The summed E-state index contributed by atoms with van der Waals surface area (Å²) < 4.78 is 0. The summed E-state index contributed by atoms with van der Waals surface area (Å²) in [6.45, 7) is 5.88. The first kappa shape index (κ1) is 12.5. The van der Waals surface area contributed by atoms with E-state index in [2.05, 4.69) is 41.2 Å². The summed E-state index contributed by atoms with van der Waals surface area (Å²) in [4.78, 5) is 9.27. The van der Waals surface area contributed by atoms with Crippen LogP contribution < -0.4 is 10.6 Å². The predicted octanol–water partition coefficient (Wildman–Crippen LogP) is 3.08. The van der Waals surface area contributed by atoms with E-state index in [1.165, 1.54) is 4.88 Å². The van der Waals surface area contributed by atoms with Crippen LogP contribution in [0.15, 0.2) is 23.7 Å². The fourth-order valence-electron chi connectivity index (χ4n) is 1.57. The molecule has 2 aromatic rings. The molecular weight excluding hydrogens is 250 g/mol. The van der Waals surface area contributed by atoms with E-state index in [4.69, 9.17) is 5.73 Å². The summed E-state index contributed by atoms with van der Waals surface area (Å²) in [5.41, 5.74) is 5.63. The molecule has 0 spiro atoms. The molecule has 0 amide bonds. The van der Waals surface area contributed by atoms with Gasteiger partial charge in [-0.2, -0.15) is 0 Å². The lowest BCUT2D eigenvalue weighted by molar-refractivity contribution is 0.685. The van der Waals surface area contributed by atoms with Crippen molar-refractivity contribution in [3.8, 4) is 0 Å². The number of aromatic nitrogens is 1. The van der Waals surface area contributed by atoms with E-state index in [9.17, 15) is 0 Å². The van der Waals surface area contributed by atoms with Gasteiger partial charge >= 0.3 is 0 Å². The van der Waals surface area contributed by atoms with E-state index in [1.807, 2.05) is 6.20 Å². The van der Waals surface area contributed by atoms with Crippen LogP contribution in [-0.4, -0.2) is 11.0 Å². The molecule has 0 aromatic carbocycles. The maximum Gasteiger partial charge on any atom is 0.186 e. The highest BCUT2D eigenvalue weighted by atomic mass is 32.1. The van der Waals surface area contributed by atoms with Gasteiger partial charge in [-0.15, -0.1) is 22.7 Å². The monoisotopic (exact) mass is 267 g/mol. The molecule has 5 heteroatoms. The first-order valence-electron chi connectivity index (χ1n) is 5.64. The molecule has 0 saturated heterocycles. The molecule has 2 aromatic heterocycles. The van der Waals surface area contributed by atoms with Crippen LogP contribution in [0.4, 0.5) is 5.13 Å². The van der Waals surface area contributed by atoms with Gasteiger partial charge in [0.05, 0.1) is 6.54 Å². The fraction of sp³-hybridized carbons (Fsp3) is 0.417. The molecule has 3 nitrogen and oxygen atoms in total. The smallest absolute Gasteiger partial charge is 0.186 e. The molecule has 0 aliphatic heterocycles. The van der Waals surface area contributed by atoms with Crippen LogP contribution in [0.3, 0.4) is 0 Å². The maximum absolute atomic E-state index is 5.63. The molecular formula is C12H17N3S2. The summed E-state index contributed by atoms with van der Waals surface area (Å²) >= 11 is 3.47. The van der Waals surface area contributed by atoms with E-state index in [0.29, 0.717) is 12.6 Å². The molecule has 0 fully saturated rings. The Morgan fingerprint density at radius 2 is 2.24 bits per heavy atom. The van der Waals surface area contributed by atoms with E-state index < -0.39 is 0 Å². The van der Waals surface area contributed by atoms with Gasteiger partial charge in [-0.25, -0.2) is 4.98 Å². The summed E-state index contributed by atoms with van der Waals surface area (Å²) in [6, 6.07) is 4.69. The molecule has 0 aliphatic carbocycles. The highest BCUT2D eigenvalue weighted by Crippen LogP contribution is 2.26. The van der Waals surface area contributed by atoms with Crippen molar-refractivity contribution in [2.45, 2.75) is 33.0 Å². The zero-order valence-corrected chi connectivity index (χ0v) is 11.7. The first-order chi connectivity index (χ1) is 8.20. The molecule has 0 bridgehead atoms. The third kappa shape index (κ3) is 3.06. The minimum atomic E-state index is 0.439. The number of anilines is 1. The van der Waals surface area contributed by atoms with Crippen LogP contribution in [-0.2, 0) is 13.1 Å². The summed E-state index contributed by atoms with van der Waals surface area (Å²) in [6.07, 6.45) is 1.88. The Bertz CT molecular complexity index is 448. The number of hydrogen-bond acceptors (Lipinski definition) is 5. The minimum Gasteiger partial charge on any atom is -0.341 e. The zero-order chi connectivity index (χ0) is 12.3.